The fraction of sp³-hybridized carbons (Fsp3) is 0.286. The fourth-order valence-corrected chi connectivity index (χ4v) is 4.27. The van der Waals surface area contributed by atoms with E-state index in [2.05, 4.69) is 19.1 Å². The highest BCUT2D eigenvalue weighted by molar-refractivity contribution is 7.85. The van der Waals surface area contributed by atoms with Crippen LogP contribution in [0.3, 0.4) is 0 Å². The minimum atomic E-state index is -3.57. The highest BCUT2D eigenvalue weighted by Crippen LogP contribution is 2.29. The highest BCUT2D eigenvalue weighted by atomic mass is 32.2. The number of aryl methyl sites for hydroxylation is 1. The average molecular weight is 385 g/mol. The van der Waals surface area contributed by atoms with E-state index in [9.17, 15) is 8.42 Å². The minimum Gasteiger partial charge on any atom is -0.270 e. The van der Waals surface area contributed by atoms with Crippen molar-refractivity contribution in [2.75, 3.05) is 6.61 Å². The van der Waals surface area contributed by atoms with Gasteiger partial charge in [-0.05, 0) is 43.5 Å². The average Bonchev–Trinajstić information content (AvgIpc) is 2.98. The Balaban J connectivity index is 2.03. The van der Waals surface area contributed by atoms with Crippen LogP contribution in [0.15, 0.2) is 54.6 Å². The van der Waals surface area contributed by atoms with Crippen molar-refractivity contribution in [1.29, 1.82) is 0 Å². The molecule has 0 N–H and O–H groups in total. The maximum absolute atomic E-state index is 12.0. The Morgan fingerprint density at radius 2 is 1.78 bits per heavy atom. The third-order valence-electron chi connectivity index (χ3n) is 4.38. The van der Waals surface area contributed by atoms with Gasteiger partial charge in [0.05, 0.1) is 18.0 Å². The van der Waals surface area contributed by atoms with Gasteiger partial charge in [0.15, 0.2) is 0 Å². The molecule has 0 saturated heterocycles. The molecular weight excluding hydrogens is 360 g/mol. The van der Waals surface area contributed by atoms with Crippen molar-refractivity contribution in [2.24, 2.45) is 0 Å². The second kappa shape index (κ2) is 8.06. The first-order valence-corrected chi connectivity index (χ1v) is 10.6. The van der Waals surface area contributed by atoms with Gasteiger partial charge in [-0.2, -0.15) is 13.5 Å². The molecule has 0 aliphatic rings. The van der Waals surface area contributed by atoms with E-state index in [1.807, 2.05) is 48.0 Å². The van der Waals surface area contributed by atoms with Crippen LogP contribution in [-0.2, 0) is 26.5 Å². The van der Waals surface area contributed by atoms with Gasteiger partial charge in [-0.3, -0.25) is 4.18 Å². The molecule has 27 heavy (non-hydrogen) atoms. The molecule has 0 bridgehead atoms. The number of benzene rings is 2. The Morgan fingerprint density at radius 3 is 2.44 bits per heavy atom. The molecule has 2 aromatic carbocycles. The largest absolute Gasteiger partial charge is 0.271 e. The zero-order valence-corrected chi connectivity index (χ0v) is 16.7. The Hall–Kier alpha value is -2.44. The van der Waals surface area contributed by atoms with E-state index in [1.165, 1.54) is 0 Å². The number of nitrogens with zero attached hydrogens (tertiary/aromatic N) is 2. The summed E-state index contributed by atoms with van der Waals surface area (Å²) in [5, 5.41) is 4.78. The van der Waals surface area contributed by atoms with E-state index in [0.29, 0.717) is 5.56 Å². The van der Waals surface area contributed by atoms with Gasteiger partial charge < -0.3 is 0 Å². The first-order chi connectivity index (χ1) is 12.9. The van der Waals surface area contributed by atoms with Crippen LogP contribution in [0.25, 0.3) is 16.8 Å². The fourth-order valence-electron chi connectivity index (χ4n) is 3.24. The van der Waals surface area contributed by atoms with Crippen molar-refractivity contribution in [1.82, 2.24) is 9.78 Å². The van der Waals surface area contributed by atoms with Crippen molar-refractivity contribution in [2.45, 2.75) is 32.9 Å². The molecular formula is C21H24N2O3S. The Bertz CT molecular complexity index is 1020. The summed E-state index contributed by atoms with van der Waals surface area (Å²) >= 11 is 0. The molecule has 0 fully saturated rings. The maximum Gasteiger partial charge on any atom is 0.271 e. The molecule has 1 aromatic heterocycles. The molecule has 0 saturated carbocycles. The zero-order valence-electron chi connectivity index (χ0n) is 15.8. The van der Waals surface area contributed by atoms with E-state index in [4.69, 9.17) is 9.28 Å². The lowest BCUT2D eigenvalue weighted by molar-refractivity contribution is 0.337. The van der Waals surface area contributed by atoms with Crippen LogP contribution in [0.1, 0.15) is 30.8 Å². The van der Waals surface area contributed by atoms with Gasteiger partial charge in [-0.1, -0.05) is 49.4 Å². The van der Waals surface area contributed by atoms with Gasteiger partial charge in [-0.25, -0.2) is 4.68 Å². The van der Waals surface area contributed by atoms with Crippen LogP contribution in [-0.4, -0.2) is 24.8 Å². The van der Waals surface area contributed by atoms with Crippen LogP contribution in [0.5, 0.6) is 0 Å². The molecule has 3 aromatic rings. The molecule has 3 rings (SSSR count). The van der Waals surface area contributed by atoms with Crippen LogP contribution < -0.4 is 0 Å². The van der Waals surface area contributed by atoms with E-state index < -0.39 is 10.1 Å². The van der Waals surface area contributed by atoms with Gasteiger partial charge in [0.1, 0.15) is 5.75 Å². The van der Waals surface area contributed by atoms with Gasteiger partial charge in [-0.15, -0.1) is 0 Å². The second-order valence-corrected chi connectivity index (χ2v) is 7.96. The molecule has 0 aliphatic carbocycles. The summed E-state index contributed by atoms with van der Waals surface area (Å²) in [6.07, 6.45) is 0.816. The van der Waals surface area contributed by atoms with E-state index in [-0.39, 0.29) is 12.4 Å². The summed E-state index contributed by atoms with van der Waals surface area (Å²) in [6.45, 7) is 5.93. The molecule has 0 unspecified atom stereocenters. The summed E-state index contributed by atoms with van der Waals surface area (Å²) in [5.74, 6) is -0.152. The summed E-state index contributed by atoms with van der Waals surface area (Å²) < 4.78 is 30.7. The van der Waals surface area contributed by atoms with Crippen LogP contribution >= 0.6 is 0 Å². The normalized spacial score (nSPS) is 11.7. The lowest BCUT2D eigenvalue weighted by Gasteiger charge is -2.09. The summed E-state index contributed by atoms with van der Waals surface area (Å²) in [6, 6.07) is 17.6. The number of hydrogen-bond donors (Lipinski definition) is 0. The van der Waals surface area contributed by atoms with Crippen LogP contribution in [0, 0.1) is 6.92 Å². The summed E-state index contributed by atoms with van der Waals surface area (Å²) in [5.41, 5.74) is 5.83. The zero-order chi connectivity index (χ0) is 19.4. The van der Waals surface area contributed by atoms with Crippen LogP contribution in [0.4, 0.5) is 0 Å². The second-order valence-electron chi connectivity index (χ2n) is 6.32. The molecule has 0 spiro atoms. The van der Waals surface area contributed by atoms with Crippen molar-refractivity contribution in [3.8, 4) is 16.8 Å². The molecule has 1 heterocycles. The van der Waals surface area contributed by atoms with Crippen LogP contribution in [0.2, 0.25) is 0 Å². The number of aromatic nitrogens is 2. The third-order valence-corrected chi connectivity index (χ3v) is 5.66. The molecule has 0 aliphatic heterocycles. The standard InChI is InChI=1S/C21H24N2O3S/c1-4-20-21(18-11-7-6-8-12-18)16(3)23(22-20)19-13-9-10-17(14-19)15-27(24,25)26-5-2/h6-14H,4-5,15H2,1-3H3. The van der Waals surface area contributed by atoms with Gasteiger partial charge in [0.2, 0.25) is 0 Å². The summed E-state index contributed by atoms with van der Waals surface area (Å²) in [7, 11) is -3.57. The number of rotatable bonds is 7. The van der Waals surface area contributed by atoms with Gasteiger partial charge >= 0.3 is 0 Å². The van der Waals surface area contributed by atoms with E-state index in [1.54, 1.807) is 13.0 Å². The predicted molar refractivity (Wildman–Crippen MR) is 107 cm³/mol. The minimum absolute atomic E-state index is 0.139. The highest BCUT2D eigenvalue weighted by Gasteiger charge is 2.17. The molecule has 0 radical (unpaired) electrons. The van der Waals surface area contributed by atoms with Crippen molar-refractivity contribution in [3.63, 3.8) is 0 Å². The predicted octanol–water partition coefficient (Wildman–Crippen LogP) is 4.28. The van der Waals surface area contributed by atoms with Crippen molar-refractivity contribution < 1.29 is 12.6 Å². The SMILES string of the molecule is CCOS(=O)(=O)Cc1cccc(-n2nc(CC)c(-c3ccccc3)c2C)c1. The first kappa shape index (κ1) is 19.3. The molecule has 5 nitrogen and oxygen atoms in total. The Morgan fingerprint density at radius 1 is 1.04 bits per heavy atom. The van der Waals surface area contributed by atoms with Crippen molar-refractivity contribution >= 4 is 10.1 Å². The van der Waals surface area contributed by atoms with E-state index in [0.717, 1.165) is 34.6 Å². The Kier molecular flexibility index (Phi) is 5.77. The topological polar surface area (TPSA) is 61.2 Å². The smallest absolute Gasteiger partial charge is 0.270 e. The Labute approximate surface area is 160 Å². The monoisotopic (exact) mass is 384 g/mol. The number of hydrogen-bond acceptors (Lipinski definition) is 4. The van der Waals surface area contributed by atoms with Gasteiger partial charge in [0.25, 0.3) is 10.1 Å². The molecule has 142 valence electrons. The molecule has 0 amide bonds. The van der Waals surface area contributed by atoms with Crippen molar-refractivity contribution in [3.05, 3.63) is 71.5 Å². The maximum atomic E-state index is 12.0. The first-order valence-electron chi connectivity index (χ1n) is 9.05. The quantitative estimate of drug-likeness (QED) is 0.571. The molecule has 6 heteroatoms. The van der Waals surface area contributed by atoms with E-state index >= 15 is 0 Å². The third kappa shape index (κ3) is 4.28. The summed E-state index contributed by atoms with van der Waals surface area (Å²) in [4.78, 5) is 0. The lowest BCUT2D eigenvalue weighted by Crippen LogP contribution is -2.09. The lowest BCUT2D eigenvalue weighted by atomic mass is 10.0. The van der Waals surface area contributed by atoms with Gasteiger partial charge in [0, 0.05) is 11.3 Å². The molecule has 0 atom stereocenters.